The van der Waals surface area contributed by atoms with Gasteiger partial charge in [-0.2, -0.15) is 0 Å². The number of carbonyl (C=O) groups is 1. The van der Waals surface area contributed by atoms with Crippen LogP contribution in [0.1, 0.15) is 51.0 Å². The number of nitrogens with zero attached hydrogens (tertiary/aromatic N) is 1. The first-order valence-electron chi connectivity index (χ1n) is 9.81. The Hall–Kier alpha value is -1.35. The fourth-order valence-electron chi connectivity index (χ4n) is 3.51. The SMILES string of the molecule is CCNC(=NCc1cccc(NC(=O)C2CCCO2)c1)NC1CCCC1.I. The van der Waals surface area contributed by atoms with Crippen LogP contribution in [0.25, 0.3) is 0 Å². The number of carbonyl (C=O) groups excluding carboxylic acids is 1. The van der Waals surface area contributed by atoms with Gasteiger partial charge in [0.1, 0.15) is 6.10 Å². The second-order valence-corrected chi connectivity index (χ2v) is 7.01. The summed E-state index contributed by atoms with van der Waals surface area (Å²) in [5.41, 5.74) is 1.87. The molecule has 1 aliphatic heterocycles. The number of guanidine groups is 1. The zero-order valence-electron chi connectivity index (χ0n) is 16.0. The minimum atomic E-state index is -0.312. The summed E-state index contributed by atoms with van der Waals surface area (Å²) in [6, 6.07) is 8.40. The van der Waals surface area contributed by atoms with Crippen LogP contribution in [0.3, 0.4) is 0 Å². The Morgan fingerprint density at radius 2 is 2.04 bits per heavy atom. The van der Waals surface area contributed by atoms with Crippen LogP contribution < -0.4 is 16.0 Å². The first kappa shape index (κ1) is 21.9. The molecular weight excluding hydrogens is 455 g/mol. The molecule has 2 aliphatic rings. The van der Waals surface area contributed by atoms with Gasteiger partial charge >= 0.3 is 0 Å². The van der Waals surface area contributed by atoms with Crippen molar-refractivity contribution in [2.24, 2.45) is 4.99 Å². The Bertz CT molecular complexity index is 626. The molecule has 1 amide bonds. The molecule has 1 saturated carbocycles. The van der Waals surface area contributed by atoms with Crippen molar-refractivity contribution in [3.63, 3.8) is 0 Å². The normalized spacial score (nSPS) is 20.2. The maximum absolute atomic E-state index is 12.2. The molecule has 1 saturated heterocycles. The molecule has 6 nitrogen and oxygen atoms in total. The smallest absolute Gasteiger partial charge is 0.253 e. The molecule has 27 heavy (non-hydrogen) atoms. The number of rotatable bonds is 6. The third kappa shape index (κ3) is 6.95. The maximum atomic E-state index is 12.2. The molecule has 1 unspecified atom stereocenters. The van der Waals surface area contributed by atoms with Gasteiger partial charge in [-0.3, -0.25) is 4.79 Å². The molecule has 0 bridgehead atoms. The predicted octanol–water partition coefficient (Wildman–Crippen LogP) is 3.42. The Morgan fingerprint density at radius 3 is 2.74 bits per heavy atom. The fourth-order valence-corrected chi connectivity index (χ4v) is 3.51. The number of benzene rings is 1. The molecule has 3 N–H and O–H groups in total. The number of aliphatic imine (C=N–C) groups is 1. The quantitative estimate of drug-likeness (QED) is 0.327. The summed E-state index contributed by atoms with van der Waals surface area (Å²) < 4.78 is 5.44. The van der Waals surface area contributed by atoms with Crippen molar-refractivity contribution in [1.29, 1.82) is 0 Å². The second-order valence-electron chi connectivity index (χ2n) is 7.01. The van der Waals surface area contributed by atoms with Crippen LogP contribution in [0.2, 0.25) is 0 Å². The molecule has 150 valence electrons. The molecular formula is C20H31IN4O2. The van der Waals surface area contributed by atoms with Crippen molar-refractivity contribution in [3.8, 4) is 0 Å². The summed E-state index contributed by atoms with van der Waals surface area (Å²) in [6.07, 6.45) is 6.47. The molecule has 0 spiro atoms. The lowest BCUT2D eigenvalue weighted by Crippen LogP contribution is -2.42. The van der Waals surface area contributed by atoms with Gasteiger partial charge in [0.25, 0.3) is 5.91 Å². The van der Waals surface area contributed by atoms with E-state index in [9.17, 15) is 4.79 Å². The number of nitrogens with one attached hydrogen (secondary N) is 3. The average molecular weight is 486 g/mol. The van der Waals surface area contributed by atoms with Gasteiger partial charge in [-0.15, -0.1) is 24.0 Å². The first-order valence-corrected chi connectivity index (χ1v) is 9.81. The zero-order valence-corrected chi connectivity index (χ0v) is 18.3. The summed E-state index contributed by atoms with van der Waals surface area (Å²) >= 11 is 0. The number of halogens is 1. The van der Waals surface area contributed by atoms with Gasteiger partial charge in [0, 0.05) is 24.9 Å². The van der Waals surface area contributed by atoms with Crippen LogP contribution in [0.15, 0.2) is 29.3 Å². The number of hydrogen-bond donors (Lipinski definition) is 3. The molecule has 3 rings (SSSR count). The van der Waals surface area contributed by atoms with Gasteiger partial charge in [0.05, 0.1) is 6.54 Å². The minimum absolute atomic E-state index is 0. The highest BCUT2D eigenvalue weighted by Gasteiger charge is 2.23. The van der Waals surface area contributed by atoms with Crippen molar-refractivity contribution in [2.45, 2.75) is 64.1 Å². The van der Waals surface area contributed by atoms with Gasteiger partial charge in [0.2, 0.25) is 0 Å². The van der Waals surface area contributed by atoms with Crippen LogP contribution in [-0.4, -0.2) is 37.2 Å². The fraction of sp³-hybridized carbons (Fsp3) is 0.600. The summed E-state index contributed by atoms with van der Waals surface area (Å²) in [5, 5.41) is 9.79. The van der Waals surface area contributed by atoms with Crippen molar-refractivity contribution >= 4 is 41.5 Å². The number of amides is 1. The van der Waals surface area contributed by atoms with E-state index in [0.717, 1.165) is 36.6 Å². The number of anilines is 1. The van der Waals surface area contributed by atoms with E-state index in [1.165, 1.54) is 25.7 Å². The highest BCUT2D eigenvalue weighted by atomic mass is 127. The van der Waals surface area contributed by atoms with Gasteiger partial charge in [-0.05, 0) is 50.3 Å². The van der Waals surface area contributed by atoms with E-state index in [1.54, 1.807) is 0 Å². The summed E-state index contributed by atoms with van der Waals surface area (Å²) in [4.78, 5) is 16.9. The molecule has 2 fully saturated rings. The Kier molecular flexibility index (Phi) is 9.33. The highest BCUT2D eigenvalue weighted by Crippen LogP contribution is 2.18. The van der Waals surface area contributed by atoms with Crippen molar-refractivity contribution in [3.05, 3.63) is 29.8 Å². The van der Waals surface area contributed by atoms with E-state index in [-0.39, 0.29) is 36.0 Å². The average Bonchev–Trinajstić information content (AvgIpc) is 3.34. The lowest BCUT2D eigenvalue weighted by molar-refractivity contribution is -0.124. The van der Waals surface area contributed by atoms with E-state index in [1.807, 2.05) is 24.3 Å². The number of hydrogen-bond acceptors (Lipinski definition) is 3. The topological polar surface area (TPSA) is 74.8 Å². The third-order valence-corrected chi connectivity index (χ3v) is 4.88. The molecule has 1 heterocycles. The lowest BCUT2D eigenvalue weighted by atomic mass is 10.2. The Morgan fingerprint density at radius 1 is 1.22 bits per heavy atom. The molecule has 1 atom stereocenters. The number of ether oxygens (including phenoxy) is 1. The monoisotopic (exact) mass is 486 g/mol. The standard InChI is InChI=1S/C20H30N4O2.HI/c1-2-21-20(24-16-8-3-4-9-16)22-14-15-7-5-10-17(13-15)23-19(25)18-11-6-12-26-18;/h5,7,10,13,16,18H,2-4,6,8-9,11-12,14H2,1H3,(H,23,25)(H2,21,22,24);1H. The van der Waals surface area contributed by atoms with Gasteiger partial charge < -0.3 is 20.7 Å². The van der Waals surface area contributed by atoms with Crippen LogP contribution in [0.4, 0.5) is 5.69 Å². The Labute approximate surface area is 178 Å². The first-order chi connectivity index (χ1) is 12.7. The lowest BCUT2D eigenvalue weighted by Gasteiger charge is -2.16. The van der Waals surface area contributed by atoms with Crippen LogP contribution >= 0.6 is 24.0 Å². The minimum Gasteiger partial charge on any atom is -0.368 e. The molecule has 1 aromatic rings. The summed E-state index contributed by atoms with van der Waals surface area (Å²) in [5.74, 6) is 0.813. The summed E-state index contributed by atoms with van der Waals surface area (Å²) in [7, 11) is 0. The molecule has 1 aliphatic carbocycles. The van der Waals surface area contributed by atoms with Crippen LogP contribution in [0.5, 0.6) is 0 Å². The second kappa shape index (κ2) is 11.5. The van der Waals surface area contributed by atoms with E-state index < -0.39 is 0 Å². The van der Waals surface area contributed by atoms with E-state index in [2.05, 4.69) is 22.9 Å². The highest BCUT2D eigenvalue weighted by molar-refractivity contribution is 14.0. The Balaban J connectivity index is 0.00000261. The van der Waals surface area contributed by atoms with Crippen LogP contribution in [0, 0.1) is 0 Å². The molecule has 7 heteroatoms. The van der Waals surface area contributed by atoms with Crippen molar-refractivity contribution < 1.29 is 9.53 Å². The van der Waals surface area contributed by atoms with E-state index in [4.69, 9.17) is 9.73 Å². The van der Waals surface area contributed by atoms with E-state index in [0.29, 0.717) is 19.2 Å². The summed E-state index contributed by atoms with van der Waals surface area (Å²) in [6.45, 7) is 4.17. The van der Waals surface area contributed by atoms with Crippen molar-refractivity contribution in [2.75, 3.05) is 18.5 Å². The maximum Gasteiger partial charge on any atom is 0.253 e. The third-order valence-electron chi connectivity index (χ3n) is 4.88. The largest absolute Gasteiger partial charge is 0.368 e. The van der Waals surface area contributed by atoms with Gasteiger partial charge in [-0.25, -0.2) is 4.99 Å². The molecule has 0 radical (unpaired) electrons. The molecule has 1 aromatic carbocycles. The van der Waals surface area contributed by atoms with Gasteiger partial charge in [0.15, 0.2) is 5.96 Å². The predicted molar refractivity (Wildman–Crippen MR) is 120 cm³/mol. The van der Waals surface area contributed by atoms with Crippen molar-refractivity contribution in [1.82, 2.24) is 10.6 Å². The van der Waals surface area contributed by atoms with E-state index >= 15 is 0 Å². The zero-order chi connectivity index (χ0) is 18.2. The molecule has 0 aromatic heterocycles. The van der Waals surface area contributed by atoms with Crippen LogP contribution in [-0.2, 0) is 16.1 Å². The van der Waals surface area contributed by atoms with Gasteiger partial charge in [-0.1, -0.05) is 25.0 Å².